The van der Waals surface area contributed by atoms with Crippen LogP contribution in [-0.2, 0) is 6.42 Å². The third kappa shape index (κ3) is 3.55. The van der Waals surface area contributed by atoms with Crippen LogP contribution in [0.4, 0.5) is 0 Å². The highest BCUT2D eigenvalue weighted by atomic mass is 32.1. The van der Waals surface area contributed by atoms with Crippen molar-refractivity contribution in [2.75, 3.05) is 6.54 Å². The minimum Gasteiger partial charge on any atom is -0.508 e. The van der Waals surface area contributed by atoms with Crippen molar-refractivity contribution in [1.29, 1.82) is 0 Å². The summed E-state index contributed by atoms with van der Waals surface area (Å²) >= 11 is 1.25. The molecule has 0 saturated heterocycles. The molecule has 1 aromatic heterocycles. The maximum absolute atomic E-state index is 11.8. The van der Waals surface area contributed by atoms with E-state index in [0.717, 1.165) is 0 Å². The zero-order valence-corrected chi connectivity index (χ0v) is 11.2. The molecule has 2 aromatic rings. The summed E-state index contributed by atoms with van der Waals surface area (Å²) in [6.07, 6.45) is 0.474. The lowest BCUT2D eigenvalue weighted by Gasteiger charge is -2.03. The minimum atomic E-state index is -1.05. The third-order valence-corrected chi connectivity index (χ3v) is 3.43. The van der Waals surface area contributed by atoms with E-state index in [1.54, 1.807) is 0 Å². The van der Waals surface area contributed by atoms with E-state index in [0.29, 0.717) is 23.5 Å². The first-order valence-electron chi connectivity index (χ1n) is 5.81. The van der Waals surface area contributed by atoms with Crippen LogP contribution in [0.1, 0.15) is 25.9 Å². The number of aromatic nitrogens is 1. The summed E-state index contributed by atoms with van der Waals surface area (Å²) in [4.78, 5) is 26.3. The monoisotopic (exact) mass is 292 g/mol. The molecule has 1 heterocycles. The normalized spacial score (nSPS) is 10.2. The zero-order valence-electron chi connectivity index (χ0n) is 10.4. The molecule has 0 spiro atoms. The molecule has 0 aliphatic carbocycles. The highest BCUT2D eigenvalue weighted by Gasteiger charge is 2.09. The van der Waals surface area contributed by atoms with Gasteiger partial charge in [0.05, 0.1) is 5.01 Å². The van der Waals surface area contributed by atoms with Crippen molar-refractivity contribution < 1.29 is 19.8 Å². The van der Waals surface area contributed by atoms with Crippen molar-refractivity contribution in [3.8, 4) is 5.75 Å². The van der Waals surface area contributed by atoms with Gasteiger partial charge >= 0.3 is 5.97 Å². The maximum atomic E-state index is 11.8. The van der Waals surface area contributed by atoms with Crippen LogP contribution in [0.25, 0.3) is 0 Å². The van der Waals surface area contributed by atoms with Gasteiger partial charge in [-0.15, -0.1) is 11.3 Å². The number of benzene rings is 1. The molecule has 0 unspecified atom stereocenters. The van der Waals surface area contributed by atoms with E-state index < -0.39 is 5.97 Å². The van der Waals surface area contributed by atoms with E-state index in [4.69, 9.17) is 10.2 Å². The van der Waals surface area contributed by atoms with Crippen molar-refractivity contribution >= 4 is 23.2 Å². The van der Waals surface area contributed by atoms with E-state index in [2.05, 4.69) is 10.3 Å². The van der Waals surface area contributed by atoms with Crippen LogP contribution < -0.4 is 5.32 Å². The summed E-state index contributed by atoms with van der Waals surface area (Å²) in [5, 5.41) is 22.7. The SMILES string of the molecule is O=C(NCCc1nc(C(=O)O)cs1)c1ccc(O)cc1. The van der Waals surface area contributed by atoms with Crippen molar-refractivity contribution in [2.24, 2.45) is 0 Å². The van der Waals surface area contributed by atoms with Gasteiger partial charge in [-0.25, -0.2) is 9.78 Å². The quantitative estimate of drug-likeness (QED) is 0.776. The number of rotatable bonds is 5. The number of thiazole rings is 1. The first-order valence-corrected chi connectivity index (χ1v) is 6.69. The molecule has 6 nitrogen and oxygen atoms in total. The number of nitrogens with zero attached hydrogens (tertiary/aromatic N) is 1. The molecule has 2 rings (SSSR count). The van der Waals surface area contributed by atoms with Crippen molar-refractivity contribution in [3.63, 3.8) is 0 Å². The fourth-order valence-corrected chi connectivity index (χ4v) is 2.29. The molecular formula is C13H12N2O4S. The van der Waals surface area contributed by atoms with Crippen LogP contribution >= 0.6 is 11.3 Å². The Morgan fingerprint density at radius 2 is 1.95 bits per heavy atom. The average Bonchev–Trinajstić information content (AvgIpc) is 2.88. The molecule has 0 fully saturated rings. The molecule has 0 aliphatic heterocycles. The predicted octanol–water partition coefficient (Wildman–Crippen LogP) is 1.52. The van der Waals surface area contributed by atoms with Crippen LogP contribution in [0, 0.1) is 0 Å². The number of carbonyl (C=O) groups is 2. The molecule has 104 valence electrons. The maximum Gasteiger partial charge on any atom is 0.355 e. The zero-order chi connectivity index (χ0) is 14.5. The topological polar surface area (TPSA) is 99.5 Å². The van der Waals surface area contributed by atoms with Crippen LogP contribution in [0.3, 0.4) is 0 Å². The van der Waals surface area contributed by atoms with Gasteiger partial charge in [0.25, 0.3) is 5.91 Å². The van der Waals surface area contributed by atoms with Crippen molar-refractivity contribution in [2.45, 2.75) is 6.42 Å². The second kappa shape index (κ2) is 6.16. The number of carbonyl (C=O) groups excluding carboxylic acids is 1. The number of aromatic hydroxyl groups is 1. The van der Waals surface area contributed by atoms with Gasteiger partial charge in [0, 0.05) is 23.9 Å². The average molecular weight is 292 g/mol. The number of hydrogen-bond acceptors (Lipinski definition) is 5. The smallest absolute Gasteiger partial charge is 0.355 e. The molecule has 7 heteroatoms. The number of carboxylic acids is 1. The van der Waals surface area contributed by atoms with Gasteiger partial charge in [0.2, 0.25) is 0 Å². The second-order valence-electron chi connectivity index (χ2n) is 3.98. The highest BCUT2D eigenvalue weighted by molar-refractivity contribution is 7.09. The third-order valence-electron chi connectivity index (χ3n) is 2.52. The molecular weight excluding hydrogens is 280 g/mol. The Bertz CT molecular complexity index is 622. The van der Waals surface area contributed by atoms with Crippen molar-refractivity contribution in [3.05, 3.63) is 45.9 Å². The molecule has 1 aromatic carbocycles. The molecule has 20 heavy (non-hydrogen) atoms. The van der Waals surface area contributed by atoms with Gasteiger partial charge in [0.1, 0.15) is 5.75 Å². The van der Waals surface area contributed by atoms with Crippen LogP contribution in [0.2, 0.25) is 0 Å². The summed E-state index contributed by atoms with van der Waals surface area (Å²) < 4.78 is 0. The van der Waals surface area contributed by atoms with Gasteiger partial charge in [-0.05, 0) is 24.3 Å². The standard InChI is InChI=1S/C13H12N2O4S/c16-9-3-1-8(2-4-9)12(17)14-6-5-11-15-10(7-20-11)13(18)19/h1-4,7,16H,5-6H2,(H,14,17)(H,18,19). The largest absolute Gasteiger partial charge is 0.508 e. The lowest BCUT2D eigenvalue weighted by molar-refractivity contribution is 0.0690. The van der Waals surface area contributed by atoms with E-state index in [1.807, 2.05) is 0 Å². The lowest BCUT2D eigenvalue weighted by atomic mass is 10.2. The van der Waals surface area contributed by atoms with E-state index in [9.17, 15) is 9.59 Å². The predicted molar refractivity (Wildman–Crippen MR) is 73.2 cm³/mol. The van der Waals surface area contributed by atoms with Gasteiger partial charge in [-0.2, -0.15) is 0 Å². The number of amides is 1. The molecule has 3 N–H and O–H groups in total. The van der Waals surface area contributed by atoms with Crippen LogP contribution in [0.15, 0.2) is 29.6 Å². The fraction of sp³-hybridized carbons (Fsp3) is 0.154. The number of nitrogens with one attached hydrogen (secondary N) is 1. The van der Waals surface area contributed by atoms with Crippen LogP contribution in [-0.4, -0.2) is 33.6 Å². The Labute approximate surface area is 118 Å². The molecule has 0 saturated carbocycles. The number of aromatic carboxylic acids is 1. The number of hydrogen-bond donors (Lipinski definition) is 3. The summed E-state index contributed by atoms with van der Waals surface area (Å²) in [7, 11) is 0. The summed E-state index contributed by atoms with van der Waals surface area (Å²) in [5.41, 5.74) is 0.475. The summed E-state index contributed by atoms with van der Waals surface area (Å²) in [6, 6.07) is 5.93. The fourth-order valence-electron chi connectivity index (χ4n) is 1.52. The molecule has 0 radical (unpaired) electrons. The summed E-state index contributed by atoms with van der Waals surface area (Å²) in [5.74, 6) is -1.20. The molecule has 1 amide bonds. The van der Waals surface area contributed by atoms with Gasteiger partial charge < -0.3 is 15.5 Å². The Kier molecular flexibility index (Phi) is 4.31. The Balaban J connectivity index is 1.84. The molecule has 0 aliphatic rings. The van der Waals surface area contributed by atoms with Crippen LogP contribution in [0.5, 0.6) is 5.75 Å². The molecule has 0 bridgehead atoms. The Hall–Kier alpha value is -2.41. The molecule has 0 atom stereocenters. The van der Waals surface area contributed by atoms with Gasteiger partial charge in [0.15, 0.2) is 5.69 Å². The van der Waals surface area contributed by atoms with E-state index >= 15 is 0 Å². The Morgan fingerprint density at radius 3 is 2.55 bits per heavy atom. The summed E-state index contributed by atoms with van der Waals surface area (Å²) in [6.45, 7) is 0.367. The number of carboxylic acid groups (broad SMARTS) is 1. The highest BCUT2D eigenvalue weighted by Crippen LogP contribution is 2.11. The van der Waals surface area contributed by atoms with Gasteiger partial charge in [-0.3, -0.25) is 4.79 Å². The second-order valence-corrected chi connectivity index (χ2v) is 4.93. The Morgan fingerprint density at radius 1 is 1.25 bits per heavy atom. The number of phenolic OH excluding ortho intramolecular Hbond substituents is 1. The number of phenols is 1. The van der Waals surface area contributed by atoms with Gasteiger partial charge in [-0.1, -0.05) is 0 Å². The first-order chi connectivity index (χ1) is 9.56. The minimum absolute atomic E-state index is 0.0230. The van der Waals surface area contributed by atoms with E-state index in [1.165, 1.54) is 41.0 Å². The van der Waals surface area contributed by atoms with E-state index in [-0.39, 0.29) is 17.4 Å². The van der Waals surface area contributed by atoms with Crippen molar-refractivity contribution in [1.82, 2.24) is 10.3 Å². The first kappa shape index (κ1) is 14.0. The lowest BCUT2D eigenvalue weighted by Crippen LogP contribution is -2.25.